The van der Waals surface area contributed by atoms with Crippen LogP contribution >= 0.6 is 0 Å². The monoisotopic (exact) mass is 334 g/mol. The maximum atomic E-state index is 14.1. The van der Waals surface area contributed by atoms with Crippen LogP contribution in [0.4, 0.5) is 4.39 Å². The molecule has 0 saturated heterocycles. The lowest BCUT2D eigenvalue weighted by Crippen LogP contribution is -2.43. The number of primary amides is 1. The number of hydrogen-bond donors (Lipinski definition) is 3. The highest BCUT2D eigenvalue weighted by Crippen LogP contribution is 2.48. The molecule has 0 bridgehead atoms. The van der Waals surface area contributed by atoms with E-state index in [9.17, 15) is 9.18 Å². The van der Waals surface area contributed by atoms with Crippen LogP contribution in [0.3, 0.4) is 0 Å². The number of carbonyl (C=O) groups is 1. The summed E-state index contributed by atoms with van der Waals surface area (Å²) in [7, 11) is 0. The van der Waals surface area contributed by atoms with Crippen molar-refractivity contribution in [2.75, 3.05) is 19.6 Å². The fourth-order valence-corrected chi connectivity index (χ4v) is 2.53. The Hall–Kier alpha value is -2.11. The van der Waals surface area contributed by atoms with Crippen molar-refractivity contribution in [3.8, 4) is 0 Å². The van der Waals surface area contributed by atoms with Crippen LogP contribution in [0.15, 0.2) is 29.3 Å². The normalized spacial score (nSPS) is 16.6. The van der Waals surface area contributed by atoms with Gasteiger partial charge in [-0.2, -0.15) is 0 Å². The Morgan fingerprint density at radius 1 is 1.33 bits per heavy atom. The molecule has 0 aliphatic heterocycles. The van der Waals surface area contributed by atoms with Gasteiger partial charge in [0.1, 0.15) is 5.82 Å². The molecule has 1 amide bonds. The summed E-state index contributed by atoms with van der Waals surface area (Å²) in [5.74, 6) is 0.0789. The molecule has 1 aromatic carbocycles. The Labute approximate surface area is 142 Å². The second-order valence-electron chi connectivity index (χ2n) is 7.06. The summed E-state index contributed by atoms with van der Waals surface area (Å²) >= 11 is 0. The van der Waals surface area contributed by atoms with E-state index in [2.05, 4.69) is 15.6 Å². The molecule has 0 aromatic heterocycles. The largest absolute Gasteiger partial charge is 0.369 e. The standard InChI is InChI=1S/C18H27FN4O/c1-4-21-16(22-11-17(2,3)15(20)24)23-12-18(9-10-18)13-7-5-6-8-14(13)19/h5-8H,4,9-12H2,1-3H3,(H2,20,24)(H2,21,22,23). The molecule has 1 saturated carbocycles. The number of aliphatic imine (C=N–C) groups is 1. The molecule has 1 aromatic rings. The first-order valence-corrected chi connectivity index (χ1v) is 8.38. The lowest BCUT2D eigenvalue weighted by Gasteiger charge is -2.21. The van der Waals surface area contributed by atoms with Crippen LogP contribution in [0.5, 0.6) is 0 Å². The molecule has 1 aliphatic carbocycles. The molecule has 132 valence electrons. The van der Waals surface area contributed by atoms with E-state index in [1.54, 1.807) is 19.9 Å². The number of hydrogen-bond acceptors (Lipinski definition) is 2. The van der Waals surface area contributed by atoms with Crippen molar-refractivity contribution < 1.29 is 9.18 Å². The van der Waals surface area contributed by atoms with Gasteiger partial charge in [-0.05, 0) is 45.2 Å². The Balaban J connectivity index is 2.04. The van der Waals surface area contributed by atoms with Gasteiger partial charge in [-0.3, -0.25) is 9.79 Å². The van der Waals surface area contributed by atoms with E-state index < -0.39 is 5.41 Å². The first-order chi connectivity index (χ1) is 11.3. The highest BCUT2D eigenvalue weighted by atomic mass is 19.1. The maximum absolute atomic E-state index is 14.1. The van der Waals surface area contributed by atoms with Crippen LogP contribution < -0.4 is 16.4 Å². The summed E-state index contributed by atoms with van der Waals surface area (Å²) in [6.45, 7) is 7.12. The number of nitrogens with two attached hydrogens (primary N) is 1. The van der Waals surface area contributed by atoms with Crippen LogP contribution in [-0.4, -0.2) is 31.5 Å². The lowest BCUT2D eigenvalue weighted by atomic mass is 9.93. The highest BCUT2D eigenvalue weighted by Gasteiger charge is 2.45. The molecule has 1 aliphatic rings. The smallest absolute Gasteiger partial charge is 0.224 e. The minimum absolute atomic E-state index is 0.159. The first kappa shape index (κ1) is 18.2. The van der Waals surface area contributed by atoms with Crippen molar-refractivity contribution in [3.63, 3.8) is 0 Å². The Morgan fingerprint density at radius 3 is 2.54 bits per heavy atom. The van der Waals surface area contributed by atoms with E-state index in [0.717, 1.165) is 18.4 Å². The van der Waals surface area contributed by atoms with Crippen molar-refractivity contribution >= 4 is 11.9 Å². The van der Waals surface area contributed by atoms with Gasteiger partial charge in [0, 0.05) is 18.5 Å². The molecular weight excluding hydrogens is 307 g/mol. The van der Waals surface area contributed by atoms with Crippen LogP contribution in [0.1, 0.15) is 39.2 Å². The third kappa shape index (κ3) is 4.24. The van der Waals surface area contributed by atoms with Gasteiger partial charge in [0.05, 0.1) is 12.0 Å². The number of benzene rings is 1. The topological polar surface area (TPSA) is 79.5 Å². The van der Waals surface area contributed by atoms with E-state index in [0.29, 0.717) is 25.6 Å². The number of carbonyl (C=O) groups excluding carboxylic acids is 1. The predicted octanol–water partition coefficient (Wildman–Crippen LogP) is 1.92. The fourth-order valence-electron chi connectivity index (χ4n) is 2.53. The summed E-state index contributed by atoms with van der Waals surface area (Å²) in [4.78, 5) is 15.9. The van der Waals surface area contributed by atoms with Crippen LogP contribution in [0.2, 0.25) is 0 Å². The molecule has 1 fully saturated rings. The Kier molecular flexibility index (Phi) is 5.47. The van der Waals surface area contributed by atoms with Gasteiger partial charge in [0.2, 0.25) is 5.91 Å². The average Bonchev–Trinajstić information content (AvgIpc) is 3.31. The van der Waals surface area contributed by atoms with Crippen molar-refractivity contribution in [2.24, 2.45) is 16.1 Å². The second kappa shape index (κ2) is 7.20. The van der Waals surface area contributed by atoms with Crippen molar-refractivity contribution in [1.29, 1.82) is 0 Å². The summed E-state index contributed by atoms with van der Waals surface area (Å²) in [6.07, 6.45) is 1.90. The molecule has 4 N–H and O–H groups in total. The van der Waals surface area contributed by atoms with Crippen molar-refractivity contribution in [3.05, 3.63) is 35.6 Å². The van der Waals surface area contributed by atoms with Gasteiger partial charge in [0.15, 0.2) is 5.96 Å². The van der Waals surface area contributed by atoms with Gasteiger partial charge in [-0.25, -0.2) is 4.39 Å². The summed E-state index contributed by atoms with van der Waals surface area (Å²) in [6, 6.07) is 6.93. The van der Waals surface area contributed by atoms with Crippen LogP contribution in [0, 0.1) is 11.2 Å². The molecule has 0 atom stereocenters. The fraction of sp³-hybridized carbons (Fsp3) is 0.556. The van der Waals surface area contributed by atoms with Crippen molar-refractivity contribution in [1.82, 2.24) is 10.6 Å². The van der Waals surface area contributed by atoms with Gasteiger partial charge >= 0.3 is 0 Å². The van der Waals surface area contributed by atoms with E-state index in [-0.39, 0.29) is 17.1 Å². The van der Waals surface area contributed by atoms with Crippen molar-refractivity contribution in [2.45, 2.75) is 39.0 Å². The highest BCUT2D eigenvalue weighted by molar-refractivity contribution is 5.82. The number of amides is 1. The Morgan fingerprint density at radius 2 is 2.00 bits per heavy atom. The number of rotatable bonds is 7. The first-order valence-electron chi connectivity index (χ1n) is 8.38. The summed E-state index contributed by atoms with van der Waals surface area (Å²) < 4.78 is 14.1. The summed E-state index contributed by atoms with van der Waals surface area (Å²) in [5, 5.41) is 6.43. The molecule has 5 nitrogen and oxygen atoms in total. The molecule has 0 spiro atoms. The van der Waals surface area contributed by atoms with Gasteiger partial charge in [0.25, 0.3) is 0 Å². The third-order valence-corrected chi connectivity index (χ3v) is 4.54. The number of guanidine groups is 1. The van der Waals surface area contributed by atoms with E-state index in [1.165, 1.54) is 6.07 Å². The predicted molar refractivity (Wildman–Crippen MR) is 94.3 cm³/mol. The SMILES string of the molecule is CCNC(=NCC(C)(C)C(N)=O)NCC1(c2ccccc2F)CC1. The molecule has 0 unspecified atom stereocenters. The zero-order chi connectivity index (χ0) is 17.8. The molecule has 6 heteroatoms. The Bertz CT molecular complexity index is 623. The third-order valence-electron chi connectivity index (χ3n) is 4.54. The minimum atomic E-state index is -0.703. The van der Waals surface area contributed by atoms with Gasteiger partial charge in [-0.15, -0.1) is 0 Å². The molecular formula is C18H27FN4O. The van der Waals surface area contributed by atoms with Gasteiger partial charge < -0.3 is 16.4 Å². The number of halogens is 1. The molecule has 0 heterocycles. The van der Waals surface area contributed by atoms with Gasteiger partial charge in [-0.1, -0.05) is 18.2 Å². The zero-order valence-electron chi connectivity index (χ0n) is 14.7. The maximum Gasteiger partial charge on any atom is 0.224 e. The van der Waals surface area contributed by atoms with E-state index in [1.807, 2.05) is 19.1 Å². The second-order valence-corrected chi connectivity index (χ2v) is 7.06. The van der Waals surface area contributed by atoms with Crippen LogP contribution in [-0.2, 0) is 10.2 Å². The van der Waals surface area contributed by atoms with E-state index >= 15 is 0 Å². The molecule has 24 heavy (non-hydrogen) atoms. The summed E-state index contributed by atoms with van der Waals surface area (Å²) in [5.41, 5.74) is 5.27. The van der Waals surface area contributed by atoms with E-state index in [4.69, 9.17) is 5.73 Å². The lowest BCUT2D eigenvalue weighted by molar-refractivity contribution is -0.125. The zero-order valence-corrected chi connectivity index (χ0v) is 14.7. The molecule has 0 radical (unpaired) electrons. The average molecular weight is 334 g/mol. The van der Waals surface area contributed by atoms with Crippen LogP contribution in [0.25, 0.3) is 0 Å². The quantitative estimate of drug-likeness (QED) is 0.526. The number of nitrogens with one attached hydrogen (secondary N) is 2. The molecule has 2 rings (SSSR count). The minimum Gasteiger partial charge on any atom is -0.369 e. The number of nitrogens with zero attached hydrogens (tertiary/aromatic N) is 1.